The first-order chi connectivity index (χ1) is 10.1. The topological polar surface area (TPSA) is 49.8 Å². The minimum absolute atomic E-state index is 0.594. The molecule has 0 radical (unpaired) electrons. The van der Waals surface area contributed by atoms with Crippen LogP contribution in [0, 0.1) is 13.8 Å². The average Bonchev–Trinajstić information content (AvgIpc) is 2.83. The van der Waals surface area contributed by atoms with E-state index in [9.17, 15) is 0 Å². The lowest BCUT2D eigenvalue weighted by Crippen LogP contribution is -2.02. The van der Waals surface area contributed by atoms with Crippen molar-refractivity contribution in [1.29, 1.82) is 0 Å². The maximum Gasteiger partial charge on any atom is 0.225 e. The molecular weight excluding hydrogens is 304 g/mol. The summed E-state index contributed by atoms with van der Waals surface area (Å²) >= 11 is 7.94. The van der Waals surface area contributed by atoms with E-state index in [1.807, 2.05) is 32.2 Å². The highest BCUT2D eigenvalue weighted by Crippen LogP contribution is 2.34. The molecule has 3 aromatic rings. The zero-order chi connectivity index (χ0) is 15.0. The molecule has 1 aromatic carbocycles. The molecule has 0 saturated carbocycles. The molecule has 6 heteroatoms. The molecule has 2 heterocycles. The van der Waals surface area contributed by atoms with E-state index in [1.165, 1.54) is 4.88 Å². The van der Waals surface area contributed by atoms with Crippen LogP contribution in [-0.2, 0) is 0 Å². The van der Waals surface area contributed by atoms with Gasteiger partial charge in [-0.3, -0.25) is 0 Å². The first-order valence-corrected chi connectivity index (χ1v) is 7.76. The highest BCUT2D eigenvalue weighted by molar-refractivity contribution is 7.18. The number of aromatic nitrogens is 2. The first kappa shape index (κ1) is 14.1. The van der Waals surface area contributed by atoms with Crippen LogP contribution < -0.4 is 10.6 Å². The molecule has 3 rings (SSSR count). The largest absolute Gasteiger partial charge is 0.357 e. The summed E-state index contributed by atoms with van der Waals surface area (Å²) in [6.45, 7) is 4.08. The van der Waals surface area contributed by atoms with Gasteiger partial charge in [0.25, 0.3) is 0 Å². The quantitative estimate of drug-likeness (QED) is 0.732. The predicted molar refractivity (Wildman–Crippen MR) is 91.2 cm³/mol. The molecule has 2 N–H and O–H groups in total. The van der Waals surface area contributed by atoms with E-state index < -0.39 is 0 Å². The second-order valence-corrected chi connectivity index (χ2v) is 6.42. The van der Waals surface area contributed by atoms with Crippen LogP contribution in [0.25, 0.3) is 10.2 Å². The maximum atomic E-state index is 6.29. The van der Waals surface area contributed by atoms with E-state index in [2.05, 4.69) is 33.6 Å². The summed E-state index contributed by atoms with van der Waals surface area (Å²) < 4.78 is 0. The first-order valence-electron chi connectivity index (χ1n) is 6.56. The highest BCUT2D eigenvalue weighted by atomic mass is 35.5. The van der Waals surface area contributed by atoms with Gasteiger partial charge in [-0.05, 0) is 31.5 Å². The average molecular weight is 319 g/mol. The number of fused-ring (bicyclic) bond motifs is 1. The summed E-state index contributed by atoms with van der Waals surface area (Å²) in [5.41, 5.74) is 1.96. The third-order valence-corrected chi connectivity index (χ3v) is 4.46. The van der Waals surface area contributed by atoms with Crippen LogP contribution >= 0.6 is 22.9 Å². The van der Waals surface area contributed by atoms with Gasteiger partial charge in [0.05, 0.1) is 16.1 Å². The van der Waals surface area contributed by atoms with E-state index in [1.54, 1.807) is 11.3 Å². The maximum absolute atomic E-state index is 6.29. The summed E-state index contributed by atoms with van der Waals surface area (Å²) in [5.74, 6) is 1.36. The summed E-state index contributed by atoms with van der Waals surface area (Å²) in [5, 5.41) is 8.04. The fourth-order valence-corrected chi connectivity index (χ4v) is 3.31. The number of nitrogens with one attached hydrogen (secondary N) is 2. The molecule has 0 spiro atoms. The van der Waals surface area contributed by atoms with E-state index in [4.69, 9.17) is 11.6 Å². The van der Waals surface area contributed by atoms with Crippen molar-refractivity contribution >= 4 is 50.6 Å². The van der Waals surface area contributed by atoms with Crippen LogP contribution in [0.3, 0.4) is 0 Å². The Morgan fingerprint density at radius 1 is 1.19 bits per heavy atom. The van der Waals surface area contributed by atoms with Crippen molar-refractivity contribution in [1.82, 2.24) is 9.97 Å². The molecule has 0 bridgehead atoms. The Hall–Kier alpha value is -1.85. The number of hydrogen-bond donors (Lipinski definition) is 2. The molecular formula is C15H15ClN4S. The number of nitrogens with zero attached hydrogens (tertiary/aromatic N) is 2. The molecule has 0 aliphatic carbocycles. The van der Waals surface area contributed by atoms with E-state index in [0.717, 1.165) is 27.3 Å². The molecule has 0 fully saturated rings. The predicted octanol–water partition coefficient (Wildman–Crippen LogP) is 4.75. The lowest BCUT2D eigenvalue weighted by Gasteiger charge is -2.12. The lowest BCUT2D eigenvalue weighted by atomic mass is 10.2. The molecule has 0 amide bonds. The number of anilines is 3. The molecule has 0 unspecified atom stereocenters. The molecule has 2 aromatic heterocycles. The van der Waals surface area contributed by atoms with Gasteiger partial charge in [0, 0.05) is 11.9 Å². The van der Waals surface area contributed by atoms with Crippen LogP contribution in [0.5, 0.6) is 0 Å². The van der Waals surface area contributed by atoms with Crippen LogP contribution in [0.15, 0.2) is 24.3 Å². The minimum Gasteiger partial charge on any atom is -0.357 e. The van der Waals surface area contributed by atoms with Crippen molar-refractivity contribution in [3.63, 3.8) is 0 Å². The van der Waals surface area contributed by atoms with Crippen LogP contribution in [0.1, 0.15) is 10.4 Å². The van der Waals surface area contributed by atoms with Gasteiger partial charge >= 0.3 is 0 Å². The number of halogens is 1. The van der Waals surface area contributed by atoms with Crippen LogP contribution in [0.2, 0.25) is 5.02 Å². The fraction of sp³-hybridized carbons (Fsp3) is 0.200. The van der Waals surface area contributed by atoms with Gasteiger partial charge in [-0.2, -0.15) is 4.98 Å². The van der Waals surface area contributed by atoms with Crippen LogP contribution in [0.4, 0.5) is 17.5 Å². The molecule has 108 valence electrons. The van der Waals surface area contributed by atoms with E-state index >= 15 is 0 Å². The van der Waals surface area contributed by atoms with Gasteiger partial charge in [0.15, 0.2) is 0 Å². The second-order valence-electron chi connectivity index (χ2n) is 4.78. The van der Waals surface area contributed by atoms with Crippen molar-refractivity contribution < 1.29 is 0 Å². The SMILES string of the molecule is CNc1nc(Nc2c(C)cccc2Cl)c2cc(C)sc2n1. The standard InChI is InChI=1S/C15H15ClN4S/c1-8-5-4-6-11(16)12(8)18-13-10-7-9(2)21-14(10)20-15(17-3)19-13/h4-7H,1-3H3,(H2,17,18,19,20). The Labute approximate surface area is 132 Å². The van der Waals surface area contributed by atoms with Crippen molar-refractivity contribution in [3.05, 3.63) is 39.7 Å². The number of rotatable bonds is 3. The van der Waals surface area contributed by atoms with Gasteiger partial charge in [0.1, 0.15) is 10.6 Å². The smallest absolute Gasteiger partial charge is 0.225 e. The van der Waals surface area contributed by atoms with Gasteiger partial charge in [0.2, 0.25) is 5.95 Å². The summed E-state index contributed by atoms with van der Waals surface area (Å²) in [6.07, 6.45) is 0. The minimum atomic E-state index is 0.594. The Kier molecular flexibility index (Phi) is 3.69. The molecule has 0 saturated heterocycles. The number of para-hydroxylation sites is 1. The summed E-state index contributed by atoms with van der Waals surface area (Å²) in [6, 6.07) is 7.91. The van der Waals surface area contributed by atoms with Crippen LogP contribution in [-0.4, -0.2) is 17.0 Å². The monoisotopic (exact) mass is 318 g/mol. The van der Waals surface area contributed by atoms with Crippen molar-refractivity contribution in [3.8, 4) is 0 Å². The van der Waals surface area contributed by atoms with Gasteiger partial charge < -0.3 is 10.6 Å². The Morgan fingerprint density at radius 2 is 2.00 bits per heavy atom. The van der Waals surface area contributed by atoms with E-state index in [0.29, 0.717) is 11.0 Å². The second kappa shape index (κ2) is 5.50. The Bertz CT molecular complexity index is 793. The summed E-state index contributed by atoms with van der Waals surface area (Å²) in [7, 11) is 1.81. The van der Waals surface area contributed by atoms with Crippen molar-refractivity contribution in [2.45, 2.75) is 13.8 Å². The Balaban J connectivity index is 2.15. The van der Waals surface area contributed by atoms with Crippen molar-refractivity contribution in [2.75, 3.05) is 17.7 Å². The Morgan fingerprint density at radius 3 is 2.71 bits per heavy atom. The van der Waals surface area contributed by atoms with Crippen molar-refractivity contribution in [2.24, 2.45) is 0 Å². The zero-order valence-electron chi connectivity index (χ0n) is 12.0. The number of thiophene rings is 1. The zero-order valence-corrected chi connectivity index (χ0v) is 13.6. The molecule has 0 atom stereocenters. The molecule has 21 heavy (non-hydrogen) atoms. The third-order valence-electron chi connectivity index (χ3n) is 3.20. The number of aryl methyl sites for hydroxylation is 2. The fourth-order valence-electron chi connectivity index (χ4n) is 2.16. The number of benzene rings is 1. The molecule has 4 nitrogen and oxygen atoms in total. The van der Waals surface area contributed by atoms with Gasteiger partial charge in [-0.15, -0.1) is 11.3 Å². The lowest BCUT2D eigenvalue weighted by molar-refractivity contribution is 1.20. The van der Waals surface area contributed by atoms with Gasteiger partial charge in [-0.25, -0.2) is 4.98 Å². The highest BCUT2D eigenvalue weighted by Gasteiger charge is 2.12. The molecule has 0 aliphatic heterocycles. The summed E-state index contributed by atoms with van der Waals surface area (Å²) in [4.78, 5) is 11.2. The normalized spacial score (nSPS) is 10.9. The van der Waals surface area contributed by atoms with Gasteiger partial charge in [-0.1, -0.05) is 23.7 Å². The number of hydrogen-bond acceptors (Lipinski definition) is 5. The molecule has 0 aliphatic rings. The van der Waals surface area contributed by atoms with E-state index in [-0.39, 0.29) is 0 Å². The third kappa shape index (κ3) is 2.66.